The van der Waals surface area contributed by atoms with Crippen LogP contribution in [-0.4, -0.2) is 43.8 Å². The Bertz CT molecular complexity index is 1380. The Morgan fingerprint density at radius 3 is 2.05 bits per heavy atom. The molecule has 0 aromatic heterocycles. The van der Waals surface area contributed by atoms with E-state index >= 15 is 0 Å². The second-order valence-electron chi connectivity index (χ2n) is 9.11. The number of nitrogens with one attached hydrogen (secondary N) is 1. The first-order valence-electron chi connectivity index (χ1n) is 12.3. The third-order valence-electron chi connectivity index (χ3n) is 5.93. The molecule has 2 amide bonds. The highest BCUT2D eigenvalue weighted by molar-refractivity contribution is 9.10. The maximum Gasteiger partial charge on any atom is 0.264 e. The van der Waals surface area contributed by atoms with Crippen LogP contribution in [0, 0.1) is 0 Å². The molecule has 39 heavy (non-hydrogen) atoms. The first-order chi connectivity index (χ1) is 18.4. The Labute approximate surface area is 248 Å². The standard InChI is InChI=1S/C28H30BrCl2N3O4S/c1-4-26(28(36)32-19(2)3)33(17-23-24(30)11-8-12-25(23)31)27(35)18-34(21-15-13-20(29)14-16-21)39(37,38)22-9-6-5-7-10-22/h5-16,19,26H,4,17-18H2,1-3H3,(H,32,36)/t26-/m1/s1. The molecule has 11 heteroatoms. The summed E-state index contributed by atoms with van der Waals surface area (Å²) in [4.78, 5) is 28.6. The summed E-state index contributed by atoms with van der Waals surface area (Å²) in [6.45, 7) is 4.80. The van der Waals surface area contributed by atoms with Crippen molar-refractivity contribution < 1.29 is 18.0 Å². The van der Waals surface area contributed by atoms with Crippen molar-refractivity contribution in [3.8, 4) is 0 Å². The lowest BCUT2D eigenvalue weighted by Crippen LogP contribution is -2.53. The average Bonchev–Trinajstić information content (AvgIpc) is 2.89. The molecule has 0 heterocycles. The lowest BCUT2D eigenvalue weighted by atomic mass is 10.1. The summed E-state index contributed by atoms with van der Waals surface area (Å²) in [5, 5.41) is 3.52. The Balaban J connectivity index is 2.09. The molecule has 0 fully saturated rings. The molecule has 0 aliphatic carbocycles. The van der Waals surface area contributed by atoms with Crippen molar-refractivity contribution in [3.63, 3.8) is 0 Å². The van der Waals surface area contributed by atoms with Gasteiger partial charge in [0.25, 0.3) is 10.0 Å². The molecule has 3 rings (SSSR count). The van der Waals surface area contributed by atoms with Gasteiger partial charge in [0.1, 0.15) is 12.6 Å². The van der Waals surface area contributed by atoms with Gasteiger partial charge in [0.15, 0.2) is 0 Å². The maximum atomic E-state index is 14.0. The minimum Gasteiger partial charge on any atom is -0.352 e. The number of carbonyl (C=O) groups is 2. The van der Waals surface area contributed by atoms with Crippen LogP contribution in [0.15, 0.2) is 82.2 Å². The van der Waals surface area contributed by atoms with Gasteiger partial charge in [0.05, 0.1) is 10.6 Å². The van der Waals surface area contributed by atoms with Crippen molar-refractivity contribution in [1.82, 2.24) is 10.2 Å². The van der Waals surface area contributed by atoms with E-state index in [4.69, 9.17) is 23.2 Å². The summed E-state index contributed by atoms with van der Waals surface area (Å²) in [5.74, 6) is -0.940. The molecule has 3 aromatic rings. The quantitative estimate of drug-likeness (QED) is 0.264. The third kappa shape index (κ3) is 7.75. The van der Waals surface area contributed by atoms with Gasteiger partial charge >= 0.3 is 0 Å². The SMILES string of the molecule is CC[C@H](C(=O)NC(C)C)N(Cc1c(Cl)cccc1Cl)C(=O)CN(c1ccc(Br)cc1)S(=O)(=O)c1ccccc1. The number of amides is 2. The van der Waals surface area contributed by atoms with Crippen molar-refractivity contribution in [2.75, 3.05) is 10.8 Å². The molecule has 3 aromatic carbocycles. The number of sulfonamides is 1. The van der Waals surface area contributed by atoms with Gasteiger partial charge in [0.2, 0.25) is 11.8 Å². The molecular weight excluding hydrogens is 625 g/mol. The zero-order chi connectivity index (χ0) is 28.7. The van der Waals surface area contributed by atoms with Crippen molar-refractivity contribution >= 4 is 66.7 Å². The van der Waals surface area contributed by atoms with Crippen LogP contribution in [0.2, 0.25) is 10.0 Å². The van der Waals surface area contributed by atoms with Gasteiger partial charge in [0, 0.05) is 32.7 Å². The lowest BCUT2D eigenvalue weighted by Gasteiger charge is -2.34. The van der Waals surface area contributed by atoms with Gasteiger partial charge < -0.3 is 10.2 Å². The van der Waals surface area contributed by atoms with Gasteiger partial charge in [-0.05, 0) is 68.8 Å². The van der Waals surface area contributed by atoms with Crippen molar-refractivity contribution in [2.45, 2.75) is 50.7 Å². The monoisotopic (exact) mass is 653 g/mol. The van der Waals surface area contributed by atoms with Crippen LogP contribution in [-0.2, 0) is 26.2 Å². The number of nitrogens with zero attached hydrogens (tertiary/aromatic N) is 2. The molecule has 1 N–H and O–H groups in total. The maximum absolute atomic E-state index is 14.0. The molecule has 1 atom stereocenters. The predicted octanol–water partition coefficient (Wildman–Crippen LogP) is 6.28. The molecule has 0 unspecified atom stereocenters. The zero-order valence-corrected chi connectivity index (χ0v) is 25.7. The highest BCUT2D eigenvalue weighted by atomic mass is 79.9. The van der Waals surface area contributed by atoms with Crippen LogP contribution < -0.4 is 9.62 Å². The fraction of sp³-hybridized carbons (Fsp3) is 0.286. The number of rotatable bonds is 11. The molecule has 208 valence electrons. The second-order valence-corrected chi connectivity index (χ2v) is 12.7. The van der Waals surface area contributed by atoms with Gasteiger partial charge in [-0.15, -0.1) is 0 Å². The Morgan fingerprint density at radius 2 is 1.51 bits per heavy atom. The van der Waals surface area contributed by atoms with E-state index in [1.54, 1.807) is 67.6 Å². The van der Waals surface area contributed by atoms with Crippen LogP contribution >= 0.6 is 39.1 Å². The van der Waals surface area contributed by atoms with E-state index in [1.165, 1.54) is 17.0 Å². The van der Waals surface area contributed by atoms with E-state index in [0.29, 0.717) is 21.3 Å². The molecule has 0 spiro atoms. The van der Waals surface area contributed by atoms with Gasteiger partial charge in [-0.2, -0.15) is 0 Å². The summed E-state index contributed by atoms with van der Waals surface area (Å²) in [6, 6.07) is 18.4. The second kappa shape index (κ2) is 13.7. The summed E-state index contributed by atoms with van der Waals surface area (Å²) >= 11 is 16.2. The minimum absolute atomic E-state index is 0.0333. The molecule has 0 aliphatic rings. The summed E-state index contributed by atoms with van der Waals surface area (Å²) in [7, 11) is -4.14. The Morgan fingerprint density at radius 1 is 0.923 bits per heavy atom. The van der Waals surface area contributed by atoms with Crippen LogP contribution in [0.3, 0.4) is 0 Å². The summed E-state index contributed by atoms with van der Waals surface area (Å²) < 4.78 is 29.4. The number of benzene rings is 3. The van der Waals surface area contributed by atoms with Gasteiger partial charge in [-0.1, -0.05) is 70.3 Å². The number of carbonyl (C=O) groups excluding carboxylic acids is 2. The fourth-order valence-electron chi connectivity index (χ4n) is 4.01. The average molecular weight is 655 g/mol. The summed E-state index contributed by atoms with van der Waals surface area (Å²) in [5.41, 5.74) is 0.761. The largest absolute Gasteiger partial charge is 0.352 e. The van der Waals surface area contributed by atoms with Gasteiger partial charge in [-0.25, -0.2) is 8.42 Å². The number of halogens is 3. The first-order valence-corrected chi connectivity index (χ1v) is 15.3. The molecule has 0 saturated carbocycles. The normalized spacial score (nSPS) is 12.2. The summed E-state index contributed by atoms with van der Waals surface area (Å²) in [6.07, 6.45) is 0.288. The van der Waals surface area contributed by atoms with Crippen LogP contribution in [0.5, 0.6) is 0 Å². The Kier molecular flexibility index (Phi) is 10.8. The first kappa shape index (κ1) is 30.9. The van der Waals surface area contributed by atoms with E-state index in [1.807, 2.05) is 13.8 Å². The van der Waals surface area contributed by atoms with Gasteiger partial charge in [-0.3, -0.25) is 13.9 Å². The highest BCUT2D eigenvalue weighted by Crippen LogP contribution is 2.29. The van der Waals surface area contributed by atoms with E-state index in [2.05, 4.69) is 21.2 Å². The van der Waals surface area contributed by atoms with Crippen LogP contribution in [0.25, 0.3) is 0 Å². The van der Waals surface area contributed by atoms with Crippen molar-refractivity contribution in [2.24, 2.45) is 0 Å². The van der Waals surface area contributed by atoms with E-state index in [9.17, 15) is 18.0 Å². The van der Waals surface area contributed by atoms with Crippen molar-refractivity contribution in [3.05, 3.63) is 92.9 Å². The van der Waals surface area contributed by atoms with E-state index in [-0.39, 0.29) is 29.8 Å². The Hall–Kier alpha value is -2.59. The predicted molar refractivity (Wildman–Crippen MR) is 159 cm³/mol. The third-order valence-corrected chi connectivity index (χ3v) is 8.96. The molecule has 0 bridgehead atoms. The van der Waals surface area contributed by atoms with Crippen molar-refractivity contribution in [1.29, 1.82) is 0 Å². The minimum atomic E-state index is -4.14. The smallest absolute Gasteiger partial charge is 0.264 e. The molecule has 7 nitrogen and oxygen atoms in total. The number of anilines is 1. The van der Waals surface area contributed by atoms with E-state index in [0.717, 1.165) is 8.78 Å². The highest BCUT2D eigenvalue weighted by Gasteiger charge is 2.34. The molecular formula is C28H30BrCl2N3O4S. The van der Waals surface area contributed by atoms with Crippen LogP contribution in [0.4, 0.5) is 5.69 Å². The zero-order valence-electron chi connectivity index (χ0n) is 21.8. The number of hydrogen-bond donors (Lipinski definition) is 1. The topological polar surface area (TPSA) is 86.8 Å². The lowest BCUT2D eigenvalue weighted by molar-refractivity contribution is -0.140. The number of hydrogen-bond acceptors (Lipinski definition) is 4. The fourth-order valence-corrected chi connectivity index (χ4v) is 6.23. The molecule has 0 aliphatic heterocycles. The molecule has 0 saturated heterocycles. The molecule has 0 radical (unpaired) electrons. The van der Waals surface area contributed by atoms with Crippen LogP contribution in [0.1, 0.15) is 32.8 Å². The van der Waals surface area contributed by atoms with E-state index < -0.39 is 28.5 Å².